The first-order chi connectivity index (χ1) is 22.8. The Hall–Kier alpha value is -4.30. The summed E-state index contributed by atoms with van der Waals surface area (Å²) in [4.78, 5) is 42.9. The van der Waals surface area contributed by atoms with E-state index in [1.165, 1.54) is 27.4 Å². The molecule has 0 spiro atoms. The molecule has 0 radical (unpaired) electrons. The van der Waals surface area contributed by atoms with Crippen LogP contribution >= 0.6 is 12.4 Å². The molecule has 1 aromatic heterocycles. The Labute approximate surface area is 285 Å². The minimum atomic E-state index is -0.642. The highest BCUT2D eigenvalue weighted by Gasteiger charge is 2.24. The van der Waals surface area contributed by atoms with Gasteiger partial charge in [0.05, 0.1) is 47.8 Å². The zero-order valence-corrected chi connectivity index (χ0v) is 28.4. The van der Waals surface area contributed by atoms with Crippen molar-refractivity contribution >= 4 is 47.1 Å². The molecular weight excluding hydrogens is 646 g/mol. The van der Waals surface area contributed by atoms with Crippen molar-refractivity contribution in [1.29, 1.82) is 0 Å². The lowest BCUT2D eigenvalue weighted by atomic mass is 10.0. The van der Waals surface area contributed by atoms with Crippen LogP contribution in [0.3, 0.4) is 0 Å². The van der Waals surface area contributed by atoms with Gasteiger partial charge in [0.2, 0.25) is 5.75 Å². The molecular formula is C34H42ClN3O10. The number of aryl methyl sites for hydroxylation is 1. The van der Waals surface area contributed by atoms with Crippen LogP contribution in [0.15, 0.2) is 45.6 Å². The number of amides is 2. The first-order valence-corrected chi connectivity index (χ1v) is 15.5. The molecule has 1 atom stereocenters. The lowest BCUT2D eigenvalue weighted by Gasteiger charge is -2.30. The summed E-state index contributed by atoms with van der Waals surface area (Å²) in [5.74, 6) is 0.782. The highest BCUT2D eigenvalue weighted by atomic mass is 35.5. The van der Waals surface area contributed by atoms with Crippen LogP contribution < -0.4 is 25.2 Å². The zero-order valence-electron chi connectivity index (χ0n) is 27.6. The number of carbonyl (C=O) groups excluding carboxylic acids is 2. The Morgan fingerprint density at radius 1 is 0.938 bits per heavy atom. The molecule has 2 aliphatic heterocycles. The molecule has 0 aliphatic carbocycles. The second-order valence-electron chi connectivity index (χ2n) is 11.2. The van der Waals surface area contributed by atoms with Gasteiger partial charge in [0, 0.05) is 67.9 Å². The van der Waals surface area contributed by atoms with Gasteiger partial charge in [-0.15, -0.1) is 12.4 Å². The van der Waals surface area contributed by atoms with E-state index in [1.807, 2.05) is 13.0 Å². The van der Waals surface area contributed by atoms with Gasteiger partial charge in [-0.05, 0) is 48.4 Å². The van der Waals surface area contributed by atoms with Gasteiger partial charge in [0.15, 0.2) is 11.5 Å². The van der Waals surface area contributed by atoms with Crippen LogP contribution in [0.2, 0.25) is 0 Å². The molecule has 0 bridgehead atoms. The molecule has 14 heteroatoms. The lowest BCUT2D eigenvalue weighted by Crippen LogP contribution is -2.43. The van der Waals surface area contributed by atoms with Crippen LogP contribution in [0, 0.1) is 6.92 Å². The Morgan fingerprint density at radius 3 is 2.21 bits per heavy atom. The molecule has 2 saturated heterocycles. The van der Waals surface area contributed by atoms with Crippen LogP contribution in [0.4, 0.5) is 10.5 Å². The van der Waals surface area contributed by atoms with E-state index in [0.29, 0.717) is 98.8 Å². The summed E-state index contributed by atoms with van der Waals surface area (Å²) in [5.41, 5.74) is 2.13. The number of morpholine rings is 2. The maximum absolute atomic E-state index is 13.3. The normalized spacial score (nSPS) is 15.9. The molecule has 3 heterocycles. The first kappa shape index (κ1) is 36.5. The van der Waals surface area contributed by atoms with E-state index >= 15 is 0 Å². The van der Waals surface area contributed by atoms with Gasteiger partial charge < -0.3 is 43.1 Å². The SMILES string of the molecule is COc1cc(C=CC(=O)OC(Cc2c(C)c3ccc(NC(=O)N4CCOCC4)cc3oc2=O)CN2CCOCC2)cc(OC)c1OC.Cl. The van der Waals surface area contributed by atoms with Crippen molar-refractivity contribution < 1.29 is 42.4 Å². The number of anilines is 1. The number of fused-ring (bicyclic) bond motifs is 1. The fourth-order valence-corrected chi connectivity index (χ4v) is 5.69. The Bertz CT molecular complexity index is 1640. The summed E-state index contributed by atoms with van der Waals surface area (Å²) in [6.07, 6.45) is 2.44. The predicted molar refractivity (Wildman–Crippen MR) is 182 cm³/mol. The van der Waals surface area contributed by atoms with E-state index < -0.39 is 17.7 Å². The number of hydrogen-bond acceptors (Lipinski definition) is 11. The van der Waals surface area contributed by atoms with Crippen LogP contribution in [-0.2, 0) is 25.4 Å². The standard InChI is InChI=1S/C34H41N3O10.ClH/c1-22-26-7-6-24(35-34(40)37-11-15-45-16-12-37)19-28(26)47-33(39)27(22)20-25(21-36-9-13-44-14-10-36)46-31(38)8-5-23-17-29(41-2)32(43-4)30(18-23)42-3;/h5-8,17-19,25H,9-16,20-21H2,1-4H3,(H,35,40);1H. The topological polar surface area (TPSA) is 138 Å². The number of ether oxygens (including phenoxy) is 6. The number of methoxy groups -OCH3 is 3. The minimum Gasteiger partial charge on any atom is -0.493 e. The molecule has 1 N–H and O–H groups in total. The molecule has 5 rings (SSSR count). The number of hydrogen-bond donors (Lipinski definition) is 1. The third kappa shape index (κ3) is 8.98. The maximum Gasteiger partial charge on any atom is 0.339 e. The van der Waals surface area contributed by atoms with Gasteiger partial charge in [-0.3, -0.25) is 4.90 Å². The summed E-state index contributed by atoms with van der Waals surface area (Å²) in [5, 5.41) is 3.59. The van der Waals surface area contributed by atoms with E-state index in [9.17, 15) is 14.4 Å². The zero-order chi connectivity index (χ0) is 33.3. The summed E-state index contributed by atoms with van der Waals surface area (Å²) >= 11 is 0. The number of benzene rings is 2. The van der Waals surface area contributed by atoms with Crippen LogP contribution in [0.5, 0.6) is 17.2 Å². The second-order valence-corrected chi connectivity index (χ2v) is 11.2. The summed E-state index contributed by atoms with van der Waals surface area (Å²) in [6, 6.07) is 8.44. The third-order valence-electron chi connectivity index (χ3n) is 8.22. The number of carbonyl (C=O) groups is 2. The highest BCUT2D eigenvalue weighted by Crippen LogP contribution is 2.38. The van der Waals surface area contributed by atoms with Crippen molar-refractivity contribution in [2.24, 2.45) is 0 Å². The first-order valence-electron chi connectivity index (χ1n) is 15.5. The molecule has 2 aliphatic rings. The van der Waals surface area contributed by atoms with Gasteiger partial charge >= 0.3 is 17.6 Å². The quantitative estimate of drug-likeness (QED) is 0.178. The molecule has 2 fully saturated rings. The molecule has 0 saturated carbocycles. The predicted octanol–water partition coefficient (Wildman–Crippen LogP) is 3.91. The Kier molecular flexibility index (Phi) is 13.1. The molecule has 13 nitrogen and oxygen atoms in total. The van der Waals surface area contributed by atoms with Crippen LogP contribution in [0.25, 0.3) is 17.0 Å². The van der Waals surface area contributed by atoms with Gasteiger partial charge in [-0.25, -0.2) is 14.4 Å². The molecule has 3 aromatic rings. The number of nitrogens with one attached hydrogen (secondary N) is 1. The molecule has 48 heavy (non-hydrogen) atoms. The average Bonchev–Trinajstić information content (AvgIpc) is 3.09. The van der Waals surface area contributed by atoms with Crippen molar-refractivity contribution in [3.63, 3.8) is 0 Å². The largest absolute Gasteiger partial charge is 0.493 e. The van der Waals surface area contributed by atoms with E-state index in [4.69, 9.17) is 32.8 Å². The van der Waals surface area contributed by atoms with E-state index in [0.717, 1.165) is 10.9 Å². The number of urea groups is 1. The summed E-state index contributed by atoms with van der Waals surface area (Å²) in [7, 11) is 4.55. The number of nitrogens with zero attached hydrogens (tertiary/aromatic N) is 2. The molecule has 1 unspecified atom stereocenters. The minimum absolute atomic E-state index is 0. The van der Waals surface area contributed by atoms with E-state index in [-0.39, 0.29) is 24.9 Å². The number of halogens is 1. The van der Waals surface area contributed by atoms with Crippen LogP contribution in [0.1, 0.15) is 16.7 Å². The van der Waals surface area contributed by atoms with Gasteiger partial charge in [0.1, 0.15) is 11.7 Å². The smallest absolute Gasteiger partial charge is 0.339 e. The highest BCUT2D eigenvalue weighted by molar-refractivity contribution is 5.93. The van der Waals surface area contributed by atoms with Crippen molar-refractivity contribution in [2.75, 3.05) is 85.8 Å². The van der Waals surface area contributed by atoms with Crippen molar-refractivity contribution in [1.82, 2.24) is 9.80 Å². The van der Waals surface area contributed by atoms with Crippen LogP contribution in [-0.4, -0.2) is 108 Å². The Balaban J connectivity index is 0.00000520. The molecule has 2 aromatic carbocycles. The number of esters is 1. The monoisotopic (exact) mass is 687 g/mol. The van der Waals surface area contributed by atoms with Gasteiger partial charge in [-0.1, -0.05) is 0 Å². The van der Waals surface area contributed by atoms with Gasteiger partial charge in [0.25, 0.3) is 0 Å². The lowest BCUT2D eigenvalue weighted by molar-refractivity contribution is -0.144. The summed E-state index contributed by atoms with van der Waals surface area (Å²) in [6.45, 7) is 6.77. The van der Waals surface area contributed by atoms with E-state index in [2.05, 4.69) is 10.2 Å². The third-order valence-corrected chi connectivity index (χ3v) is 8.22. The average molecular weight is 688 g/mol. The van der Waals surface area contributed by atoms with Crippen molar-refractivity contribution in [3.05, 3.63) is 63.5 Å². The summed E-state index contributed by atoms with van der Waals surface area (Å²) < 4.78 is 38.7. The maximum atomic E-state index is 13.3. The second kappa shape index (κ2) is 17.2. The van der Waals surface area contributed by atoms with Gasteiger partial charge in [-0.2, -0.15) is 0 Å². The fraction of sp³-hybridized carbons (Fsp3) is 0.441. The van der Waals surface area contributed by atoms with E-state index in [1.54, 1.807) is 35.2 Å². The molecule has 260 valence electrons. The molecule has 2 amide bonds. The van der Waals surface area contributed by atoms with Crippen molar-refractivity contribution in [2.45, 2.75) is 19.4 Å². The van der Waals surface area contributed by atoms with Crippen molar-refractivity contribution in [3.8, 4) is 17.2 Å². The fourth-order valence-electron chi connectivity index (χ4n) is 5.69. The number of rotatable bonds is 11. The Morgan fingerprint density at radius 2 is 1.58 bits per heavy atom.